The molecule has 2 rings (SSSR count). The van der Waals surface area contributed by atoms with Gasteiger partial charge in [0.1, 0.15) is 16.9 Å². The standard InChI is InChI=1S/C14H6ClF5N2O5/c15-3-1-2(14(18,19)20)8(16)9(17)4(3)5-6(12(24)25)10(21)22-11(23)7(5)13(26)27/h1H,(H,24,25)(H,26,27)(H3,21,22,23). The van der Waals surface area contributed by atoms with Gasteiger partial charge in [-0.1, -0.05) is 11.6 Å². The molecule has 0 amide bonds. The highest BCUT2D eigenvalue weighted by Crippen LogP contribution is 2.42. The van der Waals surface area contributed by atoms with Crippen molar-refractivity contribution < 1.29 is 41.8 Å². The first-order valence-corrected chi connectivity index (χ1v) is 6.94. The molecule has 0 aliphatic heterocycles. The molecule has 1 heterocycles. The van der Waals surface area contributed by atoms with E-state index in [0.29, 0.717) is 0 Å². The van der Waals surface area contributed by atoms with Gasteiger partial charge in [-0.05, 0) is 6.07 Å². The number of nitrogens with one attached hydrogen (secondary N) is 1. The van der Waals surface area contributed by atoms with E-state index in [1.54, 1.807) is 4.98 Å². The fraction of sp³-hybridized carbons (Fsp3) is 0.0714. The summed E-state index contributed by atoms with van der Waals surface area (Å²) in [5, 5.41) is 17.2. The Morgan fingerprint density at radius 2 is 1.56 bits per heavy atom. The number of benzene rings is 1. The van der Waals surface area contributed by atoms with Crippen LogP contribution in [0.25, 0.3) is 11.1 Å². The minimum atomic E-state index is -5.36. The van der Waals surface area contributed by atoms with Gasteiger partial charge in [-0.25, -0.2) is 18.4 Å². The molecule has 144 valence electrons. The Morgan fingerprint density at radius 1 is 1.04 bits per heavy atom. The lowest BCUT2D eigenvalue weighted by Gasteiger charge is -2.16. The number of aromatic carboxylic acids is 2. The number of rotatable bonds is 3. The number of carboxylic acid groups (broad SMARTS) is 2. The summed E-state index contributed by atoms with van der Waals surface area (Å²) in [4.78, 5) is 36.3. The zero-order chi connectivity index (χ0) is 20.8. The highest BCUT2D eigenvalue weighted by atomic mass is 35.5. The second kappa shape index (κ2) is 6.54. The number of pyridine rings is 1. The van der Waals surface area contributed by atoms with E-state index < -0.39 is 74.0 Å². The van der Waals surface area contributed by atoms with Crippen molar-refractivity contribution in [2.75, 3.05) is 5.73 Å². The van der Waals surface area contributed by atoms with Gasteiger partial charge in [0.25, 0.3) is 5.56 Å². The van der Waals surface area contributed by atoms with Crippen LogP contribution in [0.1, 0.15) is 26.3 Å². The van der Waals surface area contributed by atoms with E-state index in [0.717, 1.165) is 0 Å². The smallest absolute Gasteiger partial charge is 0.419 e. The van der Waals surface area contributed by atoms with Crippen LogP contribution in [-0.2, 0) is 6.18 Å². The molecule has 0 atom stereocenters. The third kappa shape index (κ3) is 3.30. The Kier molecular flexibility index (Phi) is 4.88. The highest BCUT2D eigenvalue weighted by molar-refractivity contribution is 6.34. The number of carboxylic acids is 2. The first kappa shape index (κ1) is 20.2. The Morgan fingerprint density at radius 3 is 2.00 bits per heavy atom. The predicted octanol–water partition coefficient (Wildman–Crippen LogP) is 2.97. The summed E-state index contributed by atoms with van der Waals surface area (Å²) in [6, 6.07) is -0.0655. The molecule has 1 aromatic carbocycles. The van der Waals surface area contributed by atoms with Gasteiger partial charge >= 0.3 is 18.1 Å². The quantitative estimate of drug-likeness (QED) is 0.452. The van der Waals surface area contributed by atoms with Gasteiger partial charge in [-0.2, -0.15) is 13.2 Å². The van der Waals surface area contributed by atoms with Gasteiger partial charge in [0, 0.05) is 11.1 Å². The van der Waals surface area contributed by atoms with Gasteiger partial charge < -0.3 is 20.9 Å². The number of aromatic amines is 1. The Balaban J connectivity index is 3.12. The maximum Gasteiger partial charge on any atom is 0.419 e. The maximum atomic E-state index is 14.4. The molecular weight excluding hydrogens is 407 g/mol. The minimum absolute atomic E-state index is 0.0655. The van der Waals surface area contributed by atoms with Gasteiger partial charge in [-0.3, -0.25) is 4.79 Å². The van der Waals surface area contributed by atoms with Gasteiger partial charge in [0.05, 0.1) is 10.6 Å². The van der Waals surface area contributed by atoms with E-state index in [1.165, 1.54) is 0 Å². The number of nitrogens with two attached hydrogens (primary N) is 1. The lowest BCUT2D eigenvalue weighted by molar-refractivity contribution is -0.140. The first-order valence-electron chi connectivity index (χ1n) is 6.56. The fourth-order valence-corrected chi connectivity index (χ4v) is 2.61. The third-order valence-electron chi connectivity index (χ3n) is 3.39. The summed E-state index contributed by atoms with van der Waals surface area (Å²) in [6.45, 7) is 0. The molecule has 5 N–H and O–H groups in total. The molecule has 0 spiro atoms. The zero-order valence-electron chi connectivity index (χ0n) is 12.5. The van der Waals surface area contributed by atoms with Crippen LogP contribution in [0.5, 0.6) is 0 Å². The van der Waals surface area contributed by atoms with Gasteiger partial charge in [0.2, 0.25) is 0 Å². The average Bonchev–Trinajstić information content (AvgIpc) is 2.48. The molecule has 0 aliphatic carbocycles. The maximum absolute atomic E-state index is 14.4. The van der Waals surface area contributed by atoms with Crippen LogP contribution < -0.4 is 11.3 Å². The summed E-state index contributed by atoms with van der Waals surface area (Å²) >= 11 is 5.56. The summed E-state index contributed by atoms with van der Waals surface area (Å²) < 4.78 is 66.6. The molecule has 0 saturated heterocycles. The molecular formula is C14H6ClF5N2O5. The van der Waals surface area contributed by atoms with E-state index in [-0.39, 0.29) is 6.07 Å². The summed E-state index contributed by atoms with van der Waals surface area (Å²) in [6.07, 6.45) is -5.36. The molecule has 0 unspecified atom stereocenters. The Labute approximate surface area is 149 Å². The number of nitrogen functional groups attached to an aromatic ring is 1. The molecule has 0 fully saturated rings. The Hall–Kier alpha value is -3.15. The van der Waals surface area contributed by atoms with E-state index in [1.807, 2.05) is 0 Å². The second-order valence-electron chi connectivity index (χ2n) is 5.01. The summed E-state index contributed by atoms with van der Waals surface area (Å²) in [5.41, 5.74) is -3.54. The van der Waals surface area contributed by atoms with E-state index >= 15 is 0 Å². The molecule has 0 bridgehead atoms. The number of aromatic nitrogens is 1. The van der Waals surface area contributed by atoms with E-state index in [4.69, 9.17) is 22.4 Å². The van der Waals surface area contributed by atoms with Crippen molar-refractivity contribution in [1.29, 1.82) is 0 Å². The van der Waals surface area contributed by atoms with E-state index in [9.17, 15) is 41.4 Å². The van der Waals surface area contributed by atoms with Crippen LogP contribution in [0, 0.1) is 11.6 Å². The van der Waals surface area contributed by atoms with Crippen LogP contribution in [-0.4, -0.2) is 27.1 Å². The van der Waals surface area contributed by atoms with Crippen LogP contribution in [0.4, 0.5) is 27.8 Å². The summed E-state index contributed by atoms with van der Waals surface area (Å²) in [5.74, 6) is -9.76. The van der Waals surface area contributed by atoms with Crippen molar-refractivity contribution in [2.24, 2.45) is 0 Å². The predicted molar refractivity (Wildman–Crippen MR) is 80.8 cm³/mol. The largest absolute Gasteiger partial charge is 0.478 e. The molecule has 13 heteroatoms. The molecule has 0 saturated carbocycles. The minimum Gasteiger partial charge on any atom is -0.478 e. The van der Waals surface area contributed by atoms with Crippen LogP contribution in [0.3, 0.4) is 0 Å². The van der Waals surface area contributed by atoms with Crippen LogP contribution in [0.15, 0.2) is 10.9 Å². The van der Waals surface area contributed by atoms with E-state index in [2.05, 4.69) is 0 Å². The summed E-state index contributed by atoms with van der Waals surface area (Å²) in [7, 11) is 0. The molecule has 27 heavy (non-hydrogen) atoms. The average molecular weight is 413 g/mol. The first-order chi connectivity index (χ1) is 12.3. The molecule has 0 aliphatic rings. The van der Waals surface area contributed by atoms with Gasteiger partial charge in [-0.15, -0.1) is 0 Å². The van der Waals surface area contributed by atoms with Gasteiger partial charge in [0.15, 0.2) is 11.6 Å². The highest BCUT2D eigenvalue weighted by Gasteiger charge is 2.39. The second-order valence-corrected chi connectivity index (χ2v) is 5.42. The number of hydrogen-bond acceptors (Lipinski definition) is 4. The molecule has 0 radical (unpaired) electrons. The molecule has 7 nitrogen and oxygen atoms in total. The number of carbonyl (C=O) groups is 2. The third-order valence-corrected chi connectivity index (χ3v) is 3.68. The lowest BCUT2D eigenvalue weighted by atomic mass is 9.93. The monoisotopic (exact) mass is 412 g/mol. The molecule has 1 aromatic heterocycles. The van der Waals surface area contributed by atoms with Crippen molar-refractivity contribution in [2.45, 2.75) is 6.18 Å². The van der Waals surface area contributed by atoms with Crippen molar-refractivity contribution in [1.82, 2.24) is 4.98 Å². The normalized spacial score (nSPS) is 11.5. The lowest BCUT2D eigenvalue weighted by Crippen LogP contribution is -2.25. The number of alkyl halides is 3. The van der Waals surface area contributed by atoms with Crippen LogP contribution in [0.2, 0.25) is 5.02 Å². The van der Waals surface area contributed by atoms with Crippen molar-refractivity contribution >= 4 is 29.4 Å². The fourth-order valence-electron chi connectivity index (χ4n) is 2.33. The zero-order valence-corrected chi connectivity index (χ0v) is 13.3. The van der Waals surface area contributed by atoms with Crippen molar-refractivity contribution in [3.05, 3.63) is 49.8 Å². The number of halogens is 6. The Bertz CT molecular complexity index is 1050. The number of hydrogen-bond donors (Lipinski definition) is 4. The topological polar surface area (TPSA) is 133 Å². The van der Waals surface area contributed by atoms with Crippen LogP contribution >= 0.6 is 11.6 Å². The van der Waals surface area contributed by atoms with Crippen molar-refractivity contribution in [3.8, 4) is 11.1 Å². The SMILES string of the molecule is Nc1[nH]c(=O)c(C(=O)O)c(-c2c(Cl)cc(C(F)(F)F)c(F)c2F)c1C(=O)O. The molecule has 2 aromatic rings. The van der Waals surface area contributed by atoms with Crippen molar-refractivity contribution in [3.63, 3.8) is 0 Å². The number of anilines is 1. The number of H-pyrrole nitrogens is 1.